The molecular weight excluding hydrogens is 314 g/mol. The summed E-state index contributed by atoms with van der Waals surface area (Å²) in [6.45, 7) is 7.15. The fourth-order valence-corrected chi connectivity index (χ4v) is 3.99. The number of ether oxygens (including phenoxy) is 1. The number of piperidine rings is 1. The van der Waals surface area contributed by atoms with Crippen LogP contribution in [0, 0.1) is 0 Å². The number of hydrogen-bond acceptors (Lipinski definition) is 5. The summed E-state index contributed by atoms with van der Waals surface area (Å²) >= 11 is 0. The average molecular weight is 341 g/mol. The van der Waals surface area contributed by atoms with Crippen LogP contribution >= 0.6 is 0 Å². The Labute approximate surface area is 149 Å². The molecule has 2 aromatic heterocycles. The van der Waals surface area contributed by atoms with Gasteiger partial charge in [-0.15, -0.1) is 0 Å². The standard InChI is InChI=1S/C19H27N5O/c1-14(2)25-18-10-17(21-13-22-18)23-8-5-6-15(12-23)19-20-11-16-7-3-4-9-24(16)19/h10-11,13-15H,3-9,12H2,1-2H3. The third kappa shape index (κ3) is 3.48. The van der Waals surface area contributed by atoms with Crippen LogP contribution in [0.1, 0.15) is 57.0 Å². The quantitative estimate of drug-likeness (QED) is 0.855. The van der Waals surface area contributed by atoms with Crippen LogP contribution in [0.3, 0.4) is 0 Å². The van der Waals surface area contributed by atoms with Crippen LogP contribution in [0.4, 0.5) is 5.82 Å². The number of rotatable bonds is 4. The molecule has 0 radical (unpaired) electrons. The Morgan fingerprint density at radius 1 is 1.12 bits per heavy atom. The topological polar surface area (TPSA) is 56.1 Å². The van der Waals surface area contributed by atoms with E-state index in [4.69, 9.17) is 9.72 Å². The van der Waals surface area contributed by atoms with Gasteiger partial charge in [0.25, 0.3) is 0 Å². The second-order valence-electron chi connectivity index (χ2n) is 7.38. The predicted octanol–water partition coefficient (Wildman–Crippen LogP) is 3.18. The van der Waals surface area contributed by atoms with Crippen LogP contribution in [0.15, 0.2) is 18.6 Å². The SMILES string of the molecule is CC(C)Oc1cc(N2CCCC(c3ncc4n3CCCC4)C2)ncn1. The van der Waals surface area contributed by atoms with Gasteiger partial charge in [-0.1, -0.05) is 0 Å². The van der Waals surface area contributed by atoms with E-state index in [1.54, 1.807) is 6.33 Å². The lowest BCUT2D eigenvalue weighted by Gasteiger charge is -2.34. The maximum absolute atomic E-state index is 5.72. The zero-order chi connectivity index (χ0) is 17.2. The molecule has 0 aromatic carbocycles. The van der Waals surface area contributed by atoms with Gasteiger partial charge in [-0.2, -0.15) is 0 Å². The van der Waals surface area contributed by atoms with Crippen molar-refractivity contribution in [3.63, 3.8) is 0 Å². The third-order valence-corrected chi connectivity index (χ3v) is 5.13. The highest BCUT2D eigenvalue weighted by Crippen LogP contribution is 2.31. The molecule has 1 saturated heterocycles. The number of anilines is 1. The van der Waals surface area contributed by atoms with Gasteiger partial charge in [0.1, 0.15) is 18.0 Å². The fraction of sp³-hybridized carbons (Fsp3) is 0.632. The minimum Gasteiger partial charge on any atom is -0.475 e. The van der Waals surface area contributed by atoms with Gasteiger partial charge in [-0.05, 0) is 46.0 Å². The zero-order valence-corrected chi connectivity index (χ0v) is 15.2. The molecule has 0 N–H and O–H groups in total. The monoisotopic (exact) mass is 341 g/mol. The van der Waals surface area contributed by atoms with Crippen LogP contribution in [0.5, 0.6) is 5.88 Å². The van der Waals surface area contributed by atoms with E-state index in [-0.39, 0.29) is 6.10 Å². The summed E-state index contributed by atoms with van der Waals surface area (Å²) in [7, 11) is 0. The largest absolute Gasteiger partial charge is 0.475 e. The van der Waals surface area contributed by atoms with Gasteiger partial charge in [-0.25, -0.2) is 15.0 Å². The highest BCUT2D eigenvalue weighted by molar-refractivity contribution is 5.42. The second-order valence-corrected chi connectivity index (χ2v) is 7.38. The van der Waals surface area contributed by atoms with E-state index in [0.29, 0.717) is 11.8 Å². The third-order valence-electron chi connectivity index (χ3n) is 5.13. The molecule has 0 spiro atoms. The summed E-state index contributed by atoms with van der Waals surface area (Å²) in [5, 5.41) is 0. The summed E-state index contributed by atoms with van der Waals surface area (Å²) in [6, 6.07) is 1.96. The summed E-state index contributed by atoms with van der Waals surface area (Å²) in [5.74, 6) is 3.36. The molecule has 134 valence electrons. The van der Waals surface area contributed by atoms with E-state index in [9.17, 15) is 0 Å². The van der Waals surface area contributed by atoms with Gasteiger partial charge in [0, 0.05) is 43.5 Å². The number of hydrogen-bond donors (Lipinski definition) is 0. The van der Waals surface area contributed by atoms with Crippen molar-refractivity contribution in [2.24, 2.45) is 0 Å². The van der Waals surface area contributed by atoms with Crippen molar-refractivity contribution < 1.29 is 4.74 Å². The maximum atomic E-state index is 5.72. The number of aromatic nitrogens is 4. The molecule has 4 rings (SSSR count). The molecule has 6 heteroatoms. The summed E-state index contributed by atoms with van der Waals surface area (Å²) in [4.78, 5) is 15.8. The summed E-state index contributed by atoms with van der Waals surface area (Å²) < 4.78 is 8.19. The van der Waals surface area contributed by atoms with E-state index in [1.165, 1.54) is 37.2 Å². The first-order valence-electron chi connectivity index (χ1n) is 9.48. The predicted molar refractivity (Wildman–Crippen MR) is 97.1 cm³/mol. The van der Waals surface area contributed by atoms with Crippen LogP contribution in [-0.4, -0.2) is 38.7 Å². The van der Waals surface area contributed by atoms with Gasteiger partial charge in [0.2, 0.25) is 5.88 Å². The van der Waals surface area contributed by atoms with E-state index in [0.717, 1.165) is 31.9 Å². The molecule has 0 amide bonds. The molecule has 1 fully saturated rings. The van der Waals surface area contributed by atoms with Crippen LogP contribution in [-0.2, 0) is 13.0 Å². The number of aryl methyl sites for hydroxylation is 1. The first kappa shape index (κ1) is 16.4. The molecular formula is C19H27N5O. The van der Waals surface area contributed by atoms with Crippen molar-refractivity contribution in [3.8, 4) is 5.88 Å². The number of imidazole rings is 1. The lowest BCUT2D eigenvalue weighted by atomic mass is 9.96. The van der Waals surface area contributed by atoms with Crippen LogP contribution in [0.2, 0.25) is 0 Å². The molecule has 1 atom stereocenters. The molecule has 1 unspecified atom stereocenters. The number of nitrogens with zero attached hydrogens (tertiary/aromatic N) is 5. The minimum absolute atomic E-state index is 0.119. The highest BCUT2D eigenvalue weighted by atomic mass is 16.5. The molecule has 2 aliphatic heterocycles. The molecule has 4 heterocycles. The van der Waals surface area contributed by atoms with Crippen molar-refractivity contribution >= 4 is 5.82 Å². The Kier molecular flexibility index (Phi) is 4.59. The molecule has 0 saturated carbocycles. The van der Waals surface area contributed by atoms with E-state index in [2.05, 4.69) is 25.6 Å². The Morgan fingerprint density at radius 2 is 2.04 bits per heavy atom. The van der Waals surface area contributed by atoms with E-state index in [1.807, 2.05) is 19.9 Å². The Hall–Kier alpha value is -2.11. The van der Waals surface area contributed by atoms with Gasteiger partial charge >= 0.3 is 0 Å². The summed E-state index contributed by atoms with van der Waals surface area (Å²) in [5.41, 5.74) is 1.41. The fourth-order valence-electron chi connectivity index (χ4n) is 3.99. The van der Waals surface area contributed by atoms with Crippen molar-refractivity contribution in [1.82, 2.24) is 19.5 Å². The van der Waals surface area contributed by atoms with Gasteiger partial charge in [0.15, 0.2) is 0 Å². The highest BCUT2D eigenvalue weighted by Gasteiger charge is 2.27. The number of fused-ring (bicyclic) bond motifs is 1. The first-order chi connectivity index (χ1) is 12.2. The Bertz CT molecular complexity index is 726. The normalized spacial score (nSPS) is 20.6. The average Bonchev–Trinajstić information content (AvgIpc) is 3.06. The lowest BCUT2D eigenvalue weighted by molar-refractivity contribution is 0.232. The second kappa shape index (κ2) is 7.02. The Balaban J connectivity index is 1.52. The van der Waals surface area contributed by atoms with Crippen LogP contribution < -0.4 is 9.64 Å². The molecule has 0 bridgehead atoms. The van der Waals surface area contributed by atoms with Crippen LogP contribution in [0.25, 0.3) is 0 Å². The van der Waals surface area contributed by atoms with Crippen molar-refractivity contribution in [1.29, 1.82) is 0 Å². The van der Waals surface area contributed by atoms with Gasteiger partial charge in [0.05, 0.1) is 6.10 Å². The lowest BCUT2D eigenvalue weighted by Crippen LogP contribution is -2.36. The van der Waals surface area contributed by atoms with Gasteiger partial charge in [-0.3, -0.25) is 0 Å². The zero-order valence-electron chi connectivity index (χ0n) is 15.2. The Morgan fingerprint density at radius 3 is 2.92 bits per heavy atom. The smallest absolute Gasteiger partial charge is 0.218 e. The van der Waals surface area contributed by atoms with Crippen molar-refractivity contribution in [3.05, 3.63) is 30.1 Å². The van der Waals surface area contributed by atoms with Crippen molar-refractivity contribution in [2.45, 2.75) is 64.5 Å². The molecule has 2 aliphatic rings. The molecule has 0 aliphatic carbocycles. The summed E-state index contributed by atoms with van der Waals surface area (Å²) in [6.07, 6.45) is 9.92. The first-order valence-corrected chi connectivity index (χ1v) is 9.48. The molecule has 25 heavy (non-hydrogen) atoms. The molecule has 2 aromatic rings. The van der Waals surface area contributed by atoms with E-state index < -0.39 is 0 Å². The minimum atomic E-state index is 0.119. The van der Waals surface area contributed by atoms with E-state index >= 15 is 0 Å². The van der Waals surface area contributed by atoms with Gasteiger partial charge < -0.3 is 14.2 Å². The maximum Gasteiger partial charge on any atom is 0.218 e. The molecule has 6 nitrogen and oxygen atoms in total. The van der Waals surface area contributed by atoms with Crippen molar-refractivity contribution in [2.75, 3.05) is 18.0 Å².